The molecule has 1 saturated carbocycles. The van der Waals surface area contributed by atoms with Crippen LogP contribution in [0.2, 0.25) is 10.0 Å². The molecule has 0 bridgehead atoms. The number of hydrogen-bond acceptors (Lipinski definition) is 3. The van der Waals surface area contributed by atoms with Crippen molar-refractivity contribution in [1.29, 1.82) is 0 Å². The molecule has 0 saturated heterocycles. The fraction of sp³-hybridized carbons (Fsp3) is 0.235. The summed E-state index contributed by atoms with van der Waals surface area (Å²) in [4.78, 5) is 12.7. The molecule has 2 aromatic rings. The zero-order valence-corrected chi connectivity index (χ0v) is 13.6. The Balaban J connectivity index is 1.59. The molecule has 0 atom stereocenters. The van der Waals surface area contributed by atoms with Crippen LogP contribution in [0.25, 0.3) is 0 Å². The van der Waals surface area contributed by atoms with Crippen LogP contribution in [0.4, 0.5) is 5.69 Å². The first-order chi connectivity index (χ1) is 11.1. The summed E-state index contributed by atoms with van der Waals surface area (Å²) in [6, 6.07) is 10.7. The van der Waals surface area contributed by atoms with Gasteiger partial charge in [0, 0.05) is 5.69 Å². The highest BCUT2D eigenvalue weighted by Crippen LogP contribution is 2.51. The number of carbonyl (C=O) groups is 1. The number of ether oxygens (including phenoxy) is 2. The summed E-state index contributed by atoms with van der Waals surface area (Å²) < 4.78 is 10.7. The molecule has 0 unspecified atom stereocenters. The maximum Gasteiger partial charge on any atom is 0.235 e. The van der Waals surface area contributed by atoms with Crippen LogP contribution in [0, 0.1) is 0 Å². The summed E-state index contributed by atoms with van der Waals surface area (Å²) >= 11 is 11.9. The van der Waals surface area contributed by atoms with Gasteiger partial charge in [-0.05, 0) is 48.7 Å². The van der Waals surface area contributed by atoms with E-state index in [0.29, 0.717) is 21.5 Å². The van der Waals surface area contributed by atoms with E-state index in [2.05, 4.69) is 5.32 Å². The number of fused-ring (bicyclic) bond motifs is 1. The summed E-state index contributed by atoms with van der Waals surface area (Å²) in [5.41, 5.74) is 1.07. The molecule has 0 radical (unpaired) electrons. The first-order valence-corrected chi connectivity index (χ1v) is 8.01. The fourth-order valence-corrected chi connectivity index (χ4v) is 3.09. The van der Waals surface area contributed by atoms with Crippen LogP contribution in [-0.4, -0.2) is 12.7 Å². The molecular weight excluding hydrogens is 337 g/mol. The van der Waals surface area contributed by atoms with Crippen molar-refractivity contribution in [3.8, 4) is 11.5 Å². The number of amides is 1. The smallest absolute Gasteiger partial charge is 0.235 e. The van der Waals surface area contributed by atoms with Crippen molar-refractivity contribution in [3.63, 3.8) is 0 Å². The highest BCUT2D eigenvalue weighted by Gasteiger charge is 2.51. The molecule has 2 aromatic carbocycles. The molecule has 0 aromatic heterocycles. The zero-order chi connectivity index (χ0) is 16.0. The van der Waals surface area contributed by atoms with E-state index in [1.807, 2.05) is 18.2 Å². The van der Waals surface area contributed by atoms with Crippen LogP contribution in [-0.2, 0) is 10.2 Å². The molecule has 118 valence electrons. The molecule has 1 amide bonds. The molecule has 0 spiro atoms. The number of nitrogens with one attached hydrogen (secondary N) is 1. The van der Waals surface area contributed by atoms with Crippen molar-refractivity contribution in [2.24, 2.45) is 0 Å². The molecule has 1 aliphatic carbocycles. The van der Waals surface area contributed by atoms with Gasteiger partial charge in [0.2, 0.25) is 12.7 Å². The largest absolute Gasteiger partial charge is 0.454 e. The summed E-state index contributed by atoms with van der Waals surface area (Å²) in [5, 5.41) is 3.80. The van der Waals surface area contributed by atoms with E-state index in [1.54, 1.807) is 18.2 Å². The maximum absolute atomic E-state index is 12.7. The van der Waals surface area contributed by atoms with Gasteiger partial charge in [0.15, 0.2) is 11.5 Å². The third kappa shape index (κ3) is 2.52. The third-order valence-electron chi connectivity index (χ3n) is 4.29. The van der Waals surface area contributed by atoms with Crippen LogP contribution in [0.3, 0.4) is 0 Å². The highest BCUT2D eigenvalue weighted by molar-refractivity contribution is 6.42. The van der Waals surface area contributed by atoms with Gasteiger partial charge >= 0.3 is 0 Å². The van der Waals surface area contributed by atoms with E-state index >= 15 is 0 Å². The molecular formula is C17H13Cl2NO3. The molecule has 1 N–H and O–H groups in total. The number of rotatable bonds is 3. The summed E-state index contributed by atoms with van der Waals surface area (Å²) in [6.07, 6.45) is 1.61. The van der Waals surface area contributed by atoms with E-state index < -0.39 is 5.41 Å². The van der Waals surface area contributed by atoms with E-state index in [9.17, 15) is 4.79 Å². The minimum absolute atomic E-state index is 0.0465. The van der Waals surface area contributed by atoms with Crippen LogP contribution >= 0.6 is 23.2 Å². The van der Waals surface area contributed by atoms with Gasteiger partial charge in [-0.25, -0.2) is 0 Å². The molecule has 23 heavy (non-hydrogen) atoms. The van der Waals surface area contributed by atoms with Gasteiger partial charge in [-0.2, -0.15) is 0 Å². The fourth-order valence-electron chi connectivity index (χ4n) is 2.79. The van der Waals surface area contributed by atoms with Gasteiger partial charge in [-0.1, -0.05) is 29.3 Å². The molecule has 6 heteroatoms. The first kappa shape index (κ1) is 14.7. The van der Waals surface area contributed by atoms with E-state index in [1.165, 1.54) is 0 Å². The minimum atomic E-state index is -0.507. The Morgan fingerprint density at radius 3 is 2.52 bits per heavy atom. The van der Waals surface area contributed by atoms with E-state index in [-0.39, 0.29) is 12.7 Å². The van der Waals surface area contributed by atoms with Crippen molar-refractivity contribution in [1.82, 2.24) is 0 Å². The number of benzene rings is 2. The average Bonchev–Trinajstić information content (AvgIpc) is 3.22. The van der Waals surface area contributed by atoms with Crippen molar-refractivity contribution < 1.29 is 14.3 Å². The lowest BCUT2D eigenvalue weighted by atomic mass is 9.94. The van der Waals surface area contributed by atoms with Gasteiger partial charge in [-0.3, -0.25) is 4.79 Å². The molecule has 2 aliphatic rings. The monoisotopic (exact) mass is 349 g/mol. The van der Waals surface area contributed by atoms with Crippen LogP contribution in [0.1, 0.15) is 18.4 Å². The molecule has 4 nitrogen and oxygen atoms in total. The Labute approximate surface area is 143 Å². The Bertz CT molecular complexity index is 802. The third-order valence-corrected chi connectivity index (χ3v) is 5.03. The van der Waals surface area contributed by atoms with Crippen molar-refractivity contribution in [3.05, 3.63) is 52.0 Å². The van der Waals surface area contributed by atoms with Crippen LogP contribution in [0.15, 0.2) is 36.4 Å². The standard InChI is InChI=1S/C17H13Cl2NO3/c18-12-3-2-11(8-13(12)19)20-16(21)17(5-6-17)10-1-4-14-15(7-10)23-9-22-14/h1-4,7-8H,5-6,9H2,(H,20,21). The number of halogens is 2. The highest BCUT2D eigenvalue weighted by atomic mass is 35.5. The van der Waals surface area contributed by atoms with Gasteiger partial charge in [0.1, 0.15) is 0 Å². The summed E-state index contributed by atoms with van der Waals surface area (Å²) in [7, 11) is 0. The maximum atomic E-state index is 12.7. The Morgan fingerprint density at radius 2 is 1.78 bits per heavy atom. The second-order valence-electron chi connectivity index (χ2n) is 5.73. The van der Waals surface area contributed by atoms with Crippen molar-refractivity contribution >= 4 is 34.8 Å². The molecule has 4 rings (SSSR count). The van der Waals surface area contributed by atoms with Crippen LogP contribution < -0.4 is 14.8 Å². The number of hydrogen-bond donors (Lipinski definition) is 1. The van der Waals surface area contributed by atoms with Gasteiger partial charge < -0.3 is 14.8 Å². The lowest BCUT2D eigenvalue weighted by molar-refractivity contribution is -0.118. The van der Waals surface area contributed by atoms with Crippen molar-refractivity contribution in [2.45, 2.75) is 18.3 Å². The second-order valence-corrected chi connectivity index (χ2v) is 6.55. The van der Waals surface area contributed by atoms with E-state index in [0.717, 1.165) is 24.2 Å². The predicted molar refractivity (Wildman–Crippen MR) is 88.6 cm³/mol. The minimum Gasteiger partial charge on any atom is -0.454 e. The van der Waals surface area contributed by atoms with Gasteiger partial charge in [-0.15, -0.1) is 0 Å². The van der Waals surface area contributed by atoms with E-state index in [4.69, 9.17) is 32.7 Å². The Kier molecular flexibility index (Phi) is 3.39. The number of carbonyl (C=O) groups excluding carboxylic acids is 1. The van der Waals surface area contributed by atoms with Crippen LogP contribution in [0.5, 0.6) is 11.5 Å². The first-order valence-electron chi connectivity index (χ1n) is 7.25. The molecule has 1 aliphatic heterocycles. The topological polar surface area (TPSA) is 47.6 Å². The number of anilines is 1. The second kappa shape index (κ2) is 5.32. The lowest BCUT2D eigenvalue weighted by Crippen LogP contribution is -2.27. The SMILES string of the molecule is O=C(Nc1ccc(Cl)c(Cl)c1)C1(c2ccc3c(c2)OCO3)CC1. The zero-order valence-electron chi connectivity index (χ0n) is 12.1. The average molecular weight is 350 g/mol. The summed E-state index contributed by atoms with van der Waals surface area (Å²) in [5.74, 6) is 1.36. The van der Waals surface area contributed by atoms with Gasteiger partial charge in [0.05, 0.1) is 15.5 Å². The molecule has 1 fully saturated rings. The van der Waals surface area contributed by atoms with Gasteiger partial charge in [0.25, 0.3) is 0 Å². The Morgan fingerprint density at radius 1 is 1.00 bits per heavy atom. The van der Waals surface area contributed by atoms with Crippen molar-refractivity contribution in [2.75, 3.05) is 12.1 Å². The Hall–Kier alpha value is -1.91. The summed E-state index contributed by atoms with van der Waals surface area (Å²) in [6.45, 7) is 0.223. The lowest BCUT2D eigenvalue weighted by Gasteiger charge is -2.16. The quantitative estimate of drug-likeness (QED) is 0.893. The molecule has 1 heterocycles. The predicted octanol–water partition coefficient (Wildman–Crippen LogP) is 4.39. The normalized spacial score (nSPS) is 17.0.